The van der Waals surface area contributed by atoms with Crippen molar-refractivity contribution in [1.29, 1.82) is 0 Å². The topological polar surface area (TPSA) is 192 Å². The van der Waals surface area contributed by atoms with Crippen molar-refractivity contribution < 1.29 is 52.6 Å². The van der Waals surface area contributed by atoms with Crippen molar-refractivity contribution in [3.8, 4) is 0 Å². The first-order valence-corrected chi connectivity index (χ1v) is 23.8. The van der Waals surface area contributed by atoms with E-state index in [-0.39, 0.29) is 19.3 Å². The van der Waals surface area contributed by atoms with Gasteiger partial charge in [-0.2, -0.15) is 0 Å². The first-order valence-electron chi connectivity index (χ1n) is 22.3. The molecule has 0 amide bonds. The molecule has 0 fully saturated rings. The Balaban J connectivity index is 4.65. The molecule has 13 heteroatoms. The quantitative estimate of drug-likeness (QED) is 0.0150. The molecule has 0 aliphatic rings. The van der Waals surface area contributed by atoms with Crippen LogP contribution in [0.15, 0.2) is 134 Å². The lowest BCUT2D eigenvalue weighted by molar-refractivity contribution is -0.161. The molecular weight excluding hydrogens is 822 g/mol. The molecule has 5 N–H and O–H groups in total. The van der Waals surface area contributed by atoms with Crippen molar-refractivity contribution in [3.63, 3.8) is 0 Å². The maximum atomic E-state index is 12.6. The van der Waals surface area contributed by atoms with Gasteiger partial charge < -0.3 is 30.3 Å². The van der Waals surface area contributed by atoms with Gasteiger partial charge in [0, 0.05) is 12.8 Å². The molecule has 0 aliphatic heterocycles. The van der Waals surface area contributed by atoms with Crippen LogP contribution in [0, 0.1) is 0 Å². The number of allylic oxidation sites excluding steroid dienone is 20. The van der Waals surface area contributed by atoms with E-state index >= 15 is 0 Å². The predicted octanol–water partition coefficient (Wildman–Crippen LogP) is 11.1. The van der Waals surface area contributed by atoms with Crippen LogP contribution in [0.3, 0.4) is 0 Å². The molecular formula is C50H76NO11P. The van der Waals surface area contributed by atoms with Gasteiger partial charge in [0.25, 0.3) is 0 Å². The Hall–Kier alpha value is -4.42. The summed E-state index contributed by atoms with van der Waals surface area (Å²) in [5.41, 5.74) is 5.32. The van der Waals surface area contributed by atoms with Gasteiger partial charge in [0.15, 0.2) is 6.10 Å². The number of carboxylic acids is 1. The van der Waals surface area contributed by atoms with Gasteiger partial charge in [-0.05, 0) is 89.9 Å². The van der Waals surface area contributed by atoms with Crippen molar-refractivity contribution in [2.75, 3.05) is 19.8 Å². The lowest BCUT2D eigenvalue weighted by Crippen LogP contribution is -2.34. The molecule has 12 nitrogen and oxygen atoms in total. The highest BCUT2D eigenvalue weighted by molar-refractivity contribution is 7.47. The van der Waals surface area contributed by atoms with Crippen LogP contribution < -0.4 is 5.73 Å². The van der Waals surface area contributed by atoms with Gasteiger partial charge in [0.1, 0.15) is 12.6 Å². The maximum Gasteiger partial charge on any atom is 0.472 e. The number of esters is 2. The summed E-state index contributed by atoms with van der Waals surface area (Å²) in [7, 11) is -4.79. The lowest BCUT2D eigenvalue weighted by atomic mass is 10.1. The second kappa shape index (κ2) is 42.9. The number of carboxylic acid groups (broad SMARTS) is 1. The first kappa shape index (κ1) is 58.6. The molecule has 0 radical (unpaired) electrons. The SMILES string of the molecule is CC/C=C\C/C=C\C/C=C\C/C=C\C=C/C(O)C/C=C\CCC(=O)O[C@H](COC(=O)CCCCC/C=C\C/C=C\C/C=C\C/C=C\C/C=C\CC)COP(=O)(O)OC[C@H](N)C(=O)O. The number of rotatable bonds is 39. The van der Waals surface area contributed by atoms with Gasteiger partial charge in [-0.1, -0.05) is 154 Å². The van der Waals surface area contributed by atoms with Crippen molar-refractivity contribution in [2.24, 2.45) is 5.73 Å². The molecule has 0 aromatic rings. The number of carbonyl (C=O) groups excluding carboxylic acids is 2. The van der Waals surface area contributed by atoms with Gasteiger partial charge in [-0.15, -0.1) is 0 Å². The minimum Gasteiger partial charge on any atom is -0.480 e. The van der Waals surface area contributed by atoms with Gasteiger partial charge in [-0.25, -0.2) is 4.57 Å². The number of unbranched alkanes of at least 4 members (excludes halogenated alkanes) is 3. The Morgan fingerprint density at radius 1 is 0.571 bits per heavy atom. The van der Waals surface area contributed by atoms with Crippen LogP contribution in [0.2, 0.25) is 0 Å². The molecule has 2 unspecified atom stereocenters. The number of aliphatic hydroxyl groups excluding tert-OH is 1. The van der Waals surface area contributed by atoms with E-state index in [1.54, 1.807) is 24.3 Å². The zero-order valence-corrected chi connectivity index (χ0v) is 38.6. The summed E-state index contributed by atoms with van der Waals surface area (Å²) >= 11 is 0. The Morgan fingerprint density at radius 2 is 1.06 bits per heavy atom. The van der Waals surface area contributed by atoms with Crippen molar-refractivity contribution >= 4 is 25.7 Å². The molecule has 0 saturated heterocycles. The molecule has 0 saturated carbocycles. The Labute approximate surface area is 377 Å². The smallest absolute Gasteiger partial charge is 0.472 e. The number of nitrogens with two attached hydrogens (primary N) is 1. The Morgan fingerprint density at radius 3 is 1.60 bits per heavy atom. The van der Waals surface area contributed by atoms with E-state index in [1.165, 1.54) is 0 Å². The third kappa shape index (κ3) is 42.6. The van der Waals surface area contributed by atoms with E-state index in [0.717, 1.165) is 77.0 Å². The molecule has 0 heterocycles. The highest BCUT2D eigenvalue weighted by Crippen LogP contribution is 2.43. The summed E-state index contributed by atoms with van der Waals surface area (Å²) in [4.78, 5) is 46.0. The monoisotopic (exact) mass is 898 g/mol. The zero-order chi connectivity index (χ0) is 46.5. The fraction of sp³-hybridized carbons (Fsp3) is 0.500. The van der Waals surface area contributed by atoms with E-state index in [9.17, 15) is 28.9 Å². The number of hydrogen-bond donors (Lipinski definition) is 4. The van der Waals surface area contributed by atoms with E-state index in [0.29, 0.717) is 12.8 Å². The summed E-state index contributed by atoms with van der Waals surface area (Å²) in [6, 6.07) is -1.56. The van der Waals surface area contributed by atoms with Crippen molar-refractivity contribution in [1.82, 2.24) is 0 Å². The third-order valence-electron chi connectivity index (χ3n) is 8.49. The first-order chi connectivity index (χ1) is 30.5. The van der Waals surface area contributed by atoms with Crippen LogP contribution in [-0.2, 0) is 37.5 Å². The van der Waals surface area contributed by atoms with Crippen LogP contribution in [0.5, 0.6) is 0 Å². The van der Waals surface area contributed by atoms with E-state index < -0.39 is 63.8 Å². The highest BCUT2D eigenvalue weighted by atomic mass is 31.2. The van der Waals surface area contributed by atoms with Crippen LogP contribution in [-0.4, -0.2) is 71.1 Å². The van der Waals surface area contributed by atoms with Crippen LogP contribution in [0.25, 0.3) is 0 Å². The number of aliphatic hydroxyl groups is 1. The van der Waals surface area contributed by atoms with E-state index in [4.69, 9.17) is 24.8 Å². The molecule has 0 spiro atoms. The van der Waals surface area contributed by atoms with E-state index in [1.807, 2.05) is 12.2 Å². The van der Waals surface area contributed by atoms with Gasteiger partial charge in [0.2, 0.25) is 0 Å². The molecule has 0 rings (SSSR count). The largest absolute Gasteiger partial charge is 0.480 e. The molecule has 0 aromatic carbocycles. The minimum atomic E-state index is -4.79. The second-order valence-corrected chi connectivity index (χ2v) is 15.7. The predicted molar refractivity (Wildman–Crippen MR) is 255 cm³/mol. The van der Waals surface area contributed by atoms with Crippen molar-refractivity contribution in [2.45, 2.75) is 141 Å². The molecule has 0 bridgehead atoms. The summed E-state index contributed by atoms with van der Waals surface area (Å²) in [6.07, 6.45) is 55.5. The molecule has 352 valence electrons. The Bertz CT molecular complexity index is 1590. The summed E-state index contributed by atoms with van der Waals surface area (Å²) in [5.74, 6) is -2.65. The van der Waals surface area contributed by atoms with Crippen LogP contribution in [0.4, 0.5) is 0 Å². The standard InChI is InChI=1S/C50H76NO11P/c1-3-5-7-9-11-13-15-17-18-19-20-21-22-24-26-28-30-32-36-40-48(53)59-42-46(43-60-63(57,58)61-44-47(51)50(55)56)62-49(54)41-37-33-35-39-45(52)38-34-31-29-27-25-23-16-14-12-10-8-6-4-2/h5-8,11-14,17-18,20-21,23-26,29,31,33-35,38,45-47,52H,3-4,9-10,15-16,19,22,27-28,30,32,36-37,39-44,51H2,1-2H3,(H,55,56)(H,57,58)/b7-5-,8-6-,13-11-,14-12-,18-17-,21-20-,25-23-,26-24-,31-29-,35-33-,38-34-/t45?,46-,47+/m1/s1. The van der Waals surface area contributed by atoms with E-state index in [2.05, 4.69) is 116 Å². The second-order valence-electron chi connectivity index (χ2n) is 14.3. The fourth-order valence-electron chi connectivity index (χ4n) is 5.02. The fourth-order valence-corrected chi connectivity index (χ4v) is 5.80. The van der Waals surface area contributed by atoms with Gasteiger partial charge >= 0.3 is 25.7 Å². The van der Waals surface area contributed by atoms with Crippen LogP contribution in [0.1, 0.15) is 123 Å². The average Bonchev–Trinajstić information content (AvgIpc) is 3.26. The number of phosphoric acid groups is 1. The minimum absolute atomic E-state index is 0.0620. The van der Waals surface area contributed by atoms with Gasteiger partial charge in [-0.3, -0.25) is 23.4 Å². The zero-order valence-electron chi connectivity index (χ0n) is 37.7. The number of hydrogen-bond acceptors (Lipinski definition) is 10. The normalized spacial score (nSPS) is 15.4. The third-order valence-corrected chi connectivity index (χ3v) is 9.44. The molecule has 63 heavy (non-hydrogen) atoms. The van der Waals surface area contributed by atoms with Crippen LogP contribution >= 0.6 is 7.82 Å². The number of aliphatic carboxylic acids is 1. The Kier molecular flexibility index (Phi) is 39.9. The molecule has 4 atom stereocenters. The molecule has 0 aromatic heterocycles. The summed E-state index contributed by atoms with van der Waals surface area (Å²) in [5, 5.41) is 19.1. The number of phosphoric ester groups is 1. The molecule has 0 aliphatic carbocycles. The lowest BCUT2D eigenvalue weighted by Gasteiger charge is -2.20. The summed E-state index contributed by atoms with van der Waals surface area (Å²) in [6.45, 7) is 2.33. The summed E-state index contributed by atoms with van der Waals surface area (Å²) < 4.78 is 32.5. The number of ether oxygens (including phenoxy) is 2. The number of carbonyl (C=O) groups is 3. The van der Waals surface area contributed by atoms with Crippen molar-refractivity contribution in [3.05, 3.63) is 134 Å². The highest BCUT2D eigenvalue weighted by Gasteiger charge is 2.28. The average molecular weight is 898 g/mol. The van der Waals surface area contributed by atoms with Gasteiger partial charge in [0.05, 0.1) is 19.3 Å². The maximum absolute atomic E-state index is 12.6.